The van der Waals surface area contributed by atoms with Gasteiger partial charge in [0.25, 0.3) is 0 Å². The van der Waals surface area contributed by atoms with Crippen molar-refractivity contribution in [3.63, 3.8) is 0 Å². The molecule has 3 heteroatoms. The maximum Gasteiger partial charge on any atom is 0.309 e. The molecule has 0 aromatic carbocycles. The molecule has 1 rings (SSSR count). The third-order valence-electron chi connectivity index (χ3n) is 1.19. The summed E-state index contributed by atoms with van der Waals surface area (Å²) in [5, 5.41) is 2.62. The Kier molecular flexibility index (Phi) is 2.21. The van der Waals surface area contributed by atoms with Crippen molar-refractivity contribution >= 4 is 18.2 Å². The van der Waals surface area contributed by atoms with Gasteiger partial charge in [-0.1, -0.05) is 0 Å². The first-order valence-corrected chi connectivity index (χ1v) is 3.79. The highest BCUT2D eigenvalue weighted by atomic mass is 32.2. The van der Waals surface area contributed by atoms with Gasteiger partial charge in [0.05, 0.1) is 0 Å². The molecule has 1 fully saturated rings. The number of rotatable bonds is 2. The average Bonchev–Trinajstić information content (AvgIpc) is 2.19. The molecule has 1 saturated heterocycles. The van der Waals surface area contributed by atoms with Crippen LogP contribution in [0, 0.1) is 0 Å². The van der Waals surface area contributed by atoms with Gasteiger partial charge in [-0.15, -0.1) is 0 Å². The van der Waals surface area contributed by atoms with Gasteiger partial charge < -0.3 is 5.32 Å². The van der Waals surface area contributed by atoms with Gasteiger partial charge in [-0.05, 0) is 12.2 Å². The second-order valence-corrected chi connectivity index (χ2v) is 2.96. The average molecular weight is 130 g/mol. The Balaban J connectivity index is 2.14. The standard InChI is InChI=1S/C5H8NOS/c7-4-6-5-1-2-8-3-5/h5H,1-3H2,(H,6,7). The molecule has 8 heavy (non-hydrogen) atoms. The van der Waals surface area contributed by atoms with Gasteiger partial charge in [0.1, 0.15) is 0 Å². The van der Waals surface area contributed by atoms with Crippen molar-refractivity contribution in [3.05, 3.63) is 0 Å². The van der Waals surface area contributed by atoms with Gasteiger partial charge in [0.2, 0.25) is 0 Å². The Morgan fingerprint density at radius 3 is 3.12 bits per heavy atom. The molecule has 0 aromatic heterocycles. The van der Waals surface area contributed by atoms with Gasteiger partial charge in [-0.2, -0.15) is 11.8 Å². The quantitative estimate of drug-likeness (QED) is 0.539. The number of amides is 1. The summed E-state index contributed by atoms with van der Waals surface area (Å²) in [6.45, 7) is 0. The molecule has 1 N–H and O–H groups in total. The van der Waals surface area contributed by atoms with Gasteiger partial charge in [0.15, 0.2) is 0 Å². The van der Waals surface area contributed by atoms with Crippen molar-refractivity contribution in [2.75, 3.05) is 11.5 Å². The van der Waals surface area contributed by atoms with E-state index in [-0.39, 0.29) is 0 Å². The Hall–Kier alpha value is -0.180. The largest absolute Gasteiger partial charge is 0.344 e. The molecular weight excluding hydrogens is 122 g/mol. The molecule has 1 amide bonds. The van der Waals surface area contributed by atoms with Crippen LogP contribution in [0.4, 0.5) is 0 Å². The number of thioether (sulfide) groups is 1. The van der Waals surface area contributed by atoms with E-state index in [4.69, 9.17) is 0 Å². The van der Waals surface area contributed by atoms with Crippen molar-refractivity contribution < 1.29 is 4.79 Å². The van der Waals surface area contributed by atoms with Crippen LogP contribution in [-0.2, 0) is 4.79 Å². The van der Waals surface area contributed by atoms with E-state index >= 15 is 0 Å². The van der Waals surface area contributed by atoms with Crippen LogP contribution < -0.4 is 5.32 Å². The van der Waals surface area contributed by atoms with Crippen LogP contribution in [0.3, 0.4) is 0 Å². The lowest BCUT2D eigenvalue weighted by Gasteiger charge is -2.01. The zero-order chi connectivity index (χ0) is 5.82. The van der Waals surface area contributed by atoms with Crippen molar-refractivity contribution in [1.82, 2.24) is 5.32 Å². The Labute approximate surface area is 53.0 Å². The van der Waals surface area contributed by atoms with Crippen molar-refractivity contribution in [3.8, 4) is 0 Å². The highest BCUT2D eigenvalue weighted by molar-refractivity contribution is 7.99. The number of hydrogen-bond donors (Lipinski definition) is 1. The number of nitrogens with one attached hydrogen (secondary N) is 1. The minimum Gasteiger partial charge on any atom is -0.344 e. The summed E-state index contributed by atoms with van der Waals surface area (Å²) in [7, 11) is 0. The molecule has 1 aliphatic heterocycles. The summed E-state index contributed by atoms with van der Waals surface area (Å²) in [6.07, 6.45) is 2.81. The van der Waals surface area contributed by atoms with Gasteiger partial charge in [-0.25, -0.2) is 0 Å². The van der Waals surface area contributed by atoms with E-state index < -0.39 is 0 Å². The summed E-state index contributed by atoms with van der Waals surface area (Å²) >= 11 is 1.88. The first-order chi connectivity index (χ1) is 3.93. The Morgan fingerprint density at radius 1 is 1.75 bits per heavy atom. The van der Waals surface area contributed by atoms with E-state index in [1.165, 1.54) is 5.75 Å². The molecule has 1 atom stereocenters. The molecule has 2 nitrogen and oxygen atoms in total. The van der Waals surface area contributed by atoms with E-state index in [2.05, 4.69) is 5.32 Å². The first-order valence-electron chi connectivity index (χ1n) is 2.64. The van der Waals surface area contributed by atoms with Crippen LogP contribution in [0.25, 0.3) is 0 Å². The second-order valence-electron chi connectivity index (χ2n) is 1.81. The molecular formula is C5H8NOS. The fraction of sp³-hybridized carbons (Fsp3) is 0.800. The van der Waals surface area contributed by atoms with E-state index in [0.717, 1.165) is 12.2 Å². The zero-order valence-corrected chi connectivity index (χ0v) is 5.33. The first kappa shape index (κ1) is 5.95. The molecule has 1 radical (unpaired) electrons. The second kappa shape index (κ2) is 2.97. The predicted molar refractivity (Wildman–Crippen MR) is 34.6 cm³/mol. The van der Waals surface area contributed by atoms with Crippen molar-refractivity contribution in [1.29, 1.82) is 0 Å². The maximum absolute atomic E-state index is 9.72. The molecule has 0 spiro atoms. The monoisotopic (exact) mass is 130 g/mol. The summed E-state index contributed by atoms with van der Waals surface area (Å²) in [5.41, 5.74) is 0. The lowest BCUT2D eigenvalue weighted by Crippen LogP contribution is -2.26. The number of carbonyl (C=O) groups excluding carboxylic acids is 1. The van der Waals surface area contributed by atoms with Gasteiger partial charge >= 0.3 is 6.41 Å². The van der Waals surface area contributed by atoms with Crippen LogP contribution in [0.1, 0.15) is 6.42 Å². The molecule has 45 valence electrons. The molecule has 1 unspecified atom stereocenters. The molecule has 1 aliphatic rings. The van der Waals surface area contributed by atoms with Gasteiger partial charge in [-0.3, -0.25) is 4.79 Å². The van der Waals surface area contributed by atoms with E-state index in [1.54, 1.807) is 6.41 Å². The van der Waals surface area contributed by atoms with Crippen molar-refractivity contribution in [2.24, 2.45) is 0 Å². The maximum atomic E-state index is 9.72. The van der Waals surface area contributed by atoms with Gasteiger partial charge in [0, 0.05) is 11.8 Å². The predicted octanol–water partition coefficient (Wildman–Crippen LogP) is 0.149. The lowest BCUT2D eigenvalue weighted by atomic mass is 10.3. The summed E-state index contributed by atoms with van der Waals surface area (Å²) < 4.78 is 0. The lowest BCUT2D eigenvalue weighted by molar-refractivity contribution is 0.527. The minimum atomic E-state index is 0.400. The number of hydrogen-bond acceptors (Lipinski definition) is 2. The Bertz CT molecular complexity index is 80.5. The third kappa shape index (κ3) is 1.40. The molecule has 0 aliphatic carbocycles. The van der Waals surface area contributed by atoms with Crippen LogP contribution in [-0.4, -0.2) is 24.0 Å². The topological polar surface area (TPSA) is 29.1 Å². The summed E-state index contributed by atoms with van der Waals surface area (Å²) in [5.74, 6) is 2.24. The Morgan fingerprint density at radius 2 is 2.62 bits per heavy atom. The van der Waals surface area contributed by atoms with E-state index in [9.17, 15) is 4.79 Å². The normalized spacial score (nSPS) is 27.8. The summed E-state index contributed by atoms with van der Waals surface area (Å²) in [6, 6.07) is 0.400. The molecule has 0 saturated carbocycles. The van der Waals surface area contributed by atoms with Crippen LogP contribution in [0.2, 0.25) is 0 Å². The minimum absolute atomic E-state index is 0.400. The highest BCUT2D eigenvalue weighted by Crippen LogP contribution is 2.16. The summed E-state index contributed by atoms with van der Waals surface area (Å²) in [4.78, 5) is 9.72. The van der Waals surface area contributed by atoms with E-state index in [1.807, 2.05) is 11.8 Å². The molecule has 1 heterocycles. The van der Waals surface area contributed by atoms with E-state index in [0.29, 0.717) is 6.04 Å². The smallest absolute Gasteiger partial charge is 0.309 e. The highest BCUT2D eigenvalue weighted by Gasteiger charge is 2.13. The molecule has 0 aromatic rings. The van der Waals surface area contributed by atoms with Crippen LogP contribution >= 0.6 is 11.8 Å². The fourth-order valence-electron chi connectivity index (χ4n) is 0.732. The third-order valence-corrected chi connectivity index (χ3v) is 2.36. The SMILES string of the molecule is O=[C]NC1CCSC1. The van der Waals surface area contributed by atoms with Crippen LogP contribution in [0.15, 0.2) is 0 Å². The fourth-order valence-corrected chi connectivity index (χ4v) is 1.88. The molecule has 0 bridgehead atoms. The van der Waals surface area contributed by atoms with Crippen molar-refractivity contribution in [2.45, 2.75) is 12.5 Å². The zero-order valence-electron chi connectivity index (χ0n) is 4.52. The van der Waals surface area contributed by atoms with Crippen LogP contribution in [0.5, 0.6) is 0 Å².